The molecule has 3 N–H and O–H groups in total. The zero-order chi connectivity index (χ0) is 21.9. The van der Waals surface area contributed by atoms with Gasteiger partial charge in [0.15, 0.2) is 5.96 Å². The Bertz CT molecular complexity index is 517. The maximum Gasteiger partial charge on any atom is 0.407 e. The van der Waals surface area contributed by atoms with Gasteiger partial charge in [-0.2, -0.15) is 0 Å². The standard InChI is InChI=1S/C21H43N5O3.HI/c1-8-9-10-17(15-23-19(27)29-20(2,3)4)25-18(22-7)24-16-21(5,6)26-11-13-28-14-12-26;/h17H,8-16H2,1-7H3,(H,23,27)(H2,22,24,25);1H. The number of amides is 1. The number of nitrogens with one attached hydrogen (secondary N) is 3. The van der Waals surface area contributed by atoms with Crippen molar-refractivity contribution in [1.82, 2.24) is 20.9 Å². The number of rotatable bonds is 9. The topological polar surface area (TPSA) is 87.2 Å². The fraction of sp³-hybridized carbons (Fsp3) is 0.905. The van der Waals surface area contributed by atoms with Crippen LogP contribution in [0.25, 0.3) is 0 Å². The molecule has 0 aromatic heterocycles. The van der Waals surface area contributed by atoms with Gasteiger partial charge in [-0.3, -0.25) is 9.89 Å². The van der Waals surface area contributed by atoms with Crippen molar-refractivity contribution in [3.63, 3.8) is 0 Å². The molecule has 0 aliphatic carbocycles. The second kappa shape index (κ2) is 14.3. The lowest BCUT2D eigenvalue weighted by Crippen LogP contribution is -2.57. The van der Waals surface area contributed by atoms with Crippen LogP contribution in [0.15, 0.2) is 4.99 Å². The Morgan fingerprint density at radius 3 is 2.33 bits per heavy atom. The summed E-state index contributed by atoms with van der Waals surface area (Å²) in [5.41, 5.74) is -0.506. The van der Waals surface area contributed by atoms with Crippen LogP contribution < -0.4 is 16.0 Å². The van der Waals surface area contributed by atoms with Crippen LogP contribution in [0.2, 0.25) is 0 Å². The van der Waals surface area contributed by atoms with E-state index in [4.69, 9.17) is 9.47 Å². The minimum atomic E-state index is -0.501. The quantitative estimate of drug-likeness (QED) is 0.237. The zero-order valence-corrected chi connectivity index (χ0v) is 22.3. The Kier molecular flexibility index (Phi) is 13.9. The first-order valence-corrected chi connectivity index (χ1v) is 10.8. The maximum atomic E-state index is 12.0. The summed E-state index contributed by atoms with van der Waals surface area (Å²) in [5, 5.41) is 9.78. The van der Waals surface area contributed by atoms with Crippen molar-refractivity contribution in [2.75, 3.05) is 46.4 Å². The van der Waals surface area contributed by atoms with E-state index in [0.29, 0.717) is 6.54 Å². The molecule has 0 saturated carbocycles. The van der Waals surface area contributed by atoms with Gasteiger partial charge in [-0.1, -0.05) is 19.8 Å². The summed E-state index contributed by atoms with van der Waals surface area (Å²) < 4.78 is 10.8. The third-order valence-corrected chi connectivity index (χ3v) is 4.92. The van der Waals surface area contributed by atoms with E-state index in [-0.39, 0.29) is 35.6 Å². The van der Waals surface area contributed by atoms with Gasteiger partial charge in [0.1, 0.15) is 5.60 Å². The van der Waals surface area contributed by atoms with Crippen LogP contribution in [0.3, 0.4) is 0 Å². The fourth-order valence-corrected chi connectivity index (χ4v) is 3.16. The highest BCUT2D eigenvalue weighted by Crippen LogP contribution is 2.15. The van der Waals surface area contributed by atoms with E-state index in [1.165, 1.54) is 0 Å². The number of hydrogen-bond acceptors (Lipinski definition) is 5. The van der Waals surface area contributed by atoms with Crippen LogP contribution in [-0.4, -0.2) is 80.6 Å². The molecule has 1 amide bonds. The first-order valence-electron chi connectivity index (χ1n) is 10.8. The van der Waals surface area contributed by atoms with Gasteiger partial charge >= 0.3 is 6.09 Å². The third-order valence-electron chi connectivity index (χ3n) is 4.92. The average Bonchev–Trinajstić information content (AvgIpc) is 2.66. The molecule has 1 atom stereocenters. The summed E-state index contributed by atoms with van der Waals surface area (Å²) in [6.07, 6.45) is 2.72. The number of hydrogen-bond donors (Lipinski definition) is 3. The van der Waals surface area contributed by atoms with Gasteiger partial charge in [0.2, 0.25) is 0 Å². The second-order valence-electron chi connectivity index (χ2n) is 9.20. The van der Waals surface area contributed by atoms with Crippen molar-refractivity contribution in [2.24, 2.45) is 4.99 Å². The van der Waals surface area contributed by atoms with Gasteiger partial charge in [-0.05, 0) is 41.0 Å². The van der Waals surface area contributed by atoms with Crippen LogP contribution in [0.5, 0.6) is 0 Å². The molecule has 8 nitrogen and oxygen atoms in total. The van der Waals surface area contributed by atoms with Gasteiger partial charge < -0.3 is 25.4 Å². The van der Waals surface area contributed by atoms with Gasteiger partial charge in [0.05, 0.1) is 13.2 Å². The first-order chi connectivity index (χ1) is 13.6. The Labute approximate surface area is 200 Å². The molecule has 1 saturated heterocycles. The smallest absolute Gasteiger partial charge is 0.407 e. The summed E-state index contributed by atoms with van der Waals surface area (Å²) in [5.74, 6) is 0.749. The van der Waals surface area contributed by atoms with Crippen LogP contribution in [0.4, 0.5) is 4.79 Å². The number of carbonyl (C=O) groups is 1. The molecule has 30 heavy (non-hydrogen) atoms. The molecular weight excluding hydrogens is 497 g/mol. The molecule has 0 bridgehead atoms. The molecule has 1 aliphatic rings. The number of alkyl carbamates (subject to hydrolysis) is 1. The van der Waals surface area contributed by atoms with Crippen molar-refractivity contribution < 1.29 is 14.3 Å². The molecular formula is C21H44IN5O3. The molecule has 0 aromatic carbocycles. The third kappa shape index (κ3) is 12.1. The SMILES string of the molecule is CCCCC(CNC(=O)OC(C)(C)C)NC(=NC)NCC(C)(C)N1CCOCC1.I. The molecule has 9 heteroatoms. The van der Waals surface area contributed by atoms with Crippen LogP contribution in [-0.2, 0) is 9.47 Å². The first kappa shape index (κ1) is 29.2. The highest BCUT2D eigenvalue weighted by Gasteiger charge is 2.28. The predicted octanol–water partition coefficient (Wildman–Crippen LogP) is 2.96. The van der Waals surface area contributed by atoms with Crippen LogP contribution >= 0.6 is 24.0 Å². The average molecular weight is 542 g/mol. The van der Waals surface area contributed by atoms with E-state index in [9.17, 15) is 4.79 Å². The van der Waals surface area contributed by atoms with Gasteiger partial charge in [0.25, 0.3) is 0 Å². The lowest BCUT2D eigenvalue weighted by atomic mass is 10.0. The van der Waals surface area contributed by atoms with E-state index in [1.54, 1.807) is 7.05 Å². The van der Waals surface area contributed by atoms with Crippen molar-refractivity contribution in [2.45, 2.75) is 78.0 Å². The van der Waals surface area contributed by atoms with E-state index in [2.05, 4.69) is 46.6 Å². The van der Waals surface area contributed by atoms with E-state index in [0.717, 1.165) is 58.1 Å². The molecule has 1 aliphatic heterocycles. The Hall–Kier alpha value is -0.810. The molecule has 0 radical (unpaired) electrons. The highest BCUT2D eigenvalue weighted by molar-refractivity contribution is 14.0. The van der Waals surface area contributed by atoms with Gasteiger partial charge in [0, 0.05) is 44.8 Å². The summed E-state index contributed by atoms with van der Waals surface area (Å²) in [4.78, 5) is 18.8. The summed E-state index contributed by atoms with van der Waals surface area (Å²) in [6, 6.07) is 0.0835. The van der Waals surface area contributed by atoms with Crippen LogP contribution in [0.1, 0.15) is 60.8 Å². The molecule has 1 unspecified atom stereocenters. The number of guanidine groups is 1. The molecule has 1 rings (SSSR count). The van der Waals surface area contributed by atoms with E-state index in [1.807, 2.05) is 20.8 Å². The number of unbranched alkanes of at least 4 members (excludes halogenated alkanes) is 1. The maximum absolute atomic E-state index is 12.0. The highest BCUT2D eigenvalue weighted by atomic mass is 127. The van der Waals surface area contributed by atoms with Crippen molar-refractivity contribution >= 4 is 36.0 Å². The van der Waals surface area contributed by atoms with Crippen molar-refractivity contribution in [3.8, 4) is 0 Å². The largest absolute Gasteiger partial charge is 0.444 e. The second-order valence-corrected chi connectivity index (χ2v) is 9.20. The monoisotopic (exact) mass is 541 g/mol. The number of ether oxygens (including phenoxy) is 2. The minimum absolute atomic E-state index is 0. The molecule has 1 heterocycles. The van der Waals surface area contributed by atoms with Gasteiger partial charge in [-0.15, -0.1) is 24.0 Å². The molecule has 0 spiro atoms. The Balaban J connectivity index is 0.00000841. The fourth-order valence-electron chi connectivity index (χ4n) is 3.16. The number of morpholine rings is 1. The van der Waals surface area contributed by atoms with Crippen LogP contribution in [0, 0.1) is 0 Å². The van der Waals surface area contributed by atoms with E-state index >= 15 is 0 Å². The van der Waals surface area contributed by atoms with E-state index < -0.39 is 11.7 Å². The number of aliphatic imine (C=N–C) groups is 1. The number of carbonyl (C=O) groups excluding carboxylic acids is 1. The Morgan fingerprint density at radius 2 is 1.80 bits per heavy atom. The number of nitrogens with zero attached hydrogens (tertiary/aromatic N) is 2. The summed E-state index contributed by atoms with van der Waals surface area (Å²) >= 11 is 0. The lowest BCUT2D eigenvalue weighted by Gasteiger charge is -2.41. The normalized spacial score (nSPS) is 17.0. The summed E-state index contributed by atoms with van der Waals surface area (Å²) in [6.45, 7) is 16.9. The zero-order valence-electron chi connectivity index (χ0n) is 20.0. The number of halogens is 1. The lowest BCUT2D eigenvalue weighted by molar-refractivity contribution is -0.00835. The molecule has 178 valence electrons. The summed E-state index contributed by atoms with van der Waals surface area (Å²) in [7, 11) is 1.77. The Morgan fingerprint density at radius 1 is 1.17 bits per heavy atom. The predicted molar refractivity (Wildman–Crippen MR) is 134 cm³/mol. The minimum Gasteiger partial charge on any atom is -0.444 e. The molecule has 0 aromatic rings. The molecule has 1 fully saturated rings. The van der Waals surface area contributed by atoms with Gasteiger partial charge in [-0.25, -0.2) is 4.79 Å². The van der Waals surface area contributed by atoms with Crippen molar-refractivity contribution in [3.05, 3.63) is 0 Å². The van der Waals surface area contributed by atoms with Crippen molar-refractivity contribution in [1.29, 1.82) is 0 Å².